The minimum atomic E-state index is 0.926. The predicted molar refractivity (Wildman–Crippen MR) is 119 cm³/mol. The number of anilines is 3. The Morgan fingerprint density at radius 1 is 1.00 bits per heavy atom. The van der Waals surface area contributed by atoms with Gasteiger partial charge in [0.1, 0.15) is 0 Å². The van der Waals surface area contributed by atoms with E-state index in [1.54, 1.807) is 23.1 Å². The van der Waals surface area contributed by atoms with Crippen molar-refractivity contribution in [2.75, 3.05) is 49.7 Å². The first-order valence-corrected chi connectivity index (χ1v) is 11.2. The van der Waals surface area contributed by atoms with Crippen molar-refractivity contribution in [2.24, 2.45) is 0 Å². The van der Waals surface area contributed by atoms with E-state index in [2.05, 4.69) is 76.3 Å². The number of thiazole rings is 1. The number of para-hydroxylation sites is 1. The molecule has 0 unspecified atom stereocenters. The summed E-state index contributed by atoms with van der Waals surface area (Å²) < 4.78 is 0. The topological polar surface area (TPSA) is 31.4 Å². The molecule has 140 valence electrons. The molecule has 0 atom stereocenters. The van der Waals surface area contributed by atoms with E-state index in [0.29, 0.717) is 0 Å². The molecular weight excluding hydrogens is 372 g/mol. The zero-order valence-electron chi connectivity index (χ0n) is 15.7. The standard InChI is InChI=1S/C21H24N4S2/c1-24-11-13-25(14-12-24)17-9-7-16(8-10-17)19-15-27-21(23-19)22-18-5-3-4-6-20(18)26-2/h3-10,15H,11-14H2,1-2H3,(H,22,23). The number of piperazine rings is 1. The zero-order chi connectivity index (χ0) is 18.6. The van der Waals surface area contributed by atoms with Gasteiger partial charge in [-0.2, -0.15) is 0 Å². The van der Waals surface area contributed by atoms with Crippen LogP contribution in [0.1, 0.15) is 0 Å². The first kappa shape index (κ1) is 18.3. The first-order chi connectivity index (χ1) is 13.2. The highest BCUT2D eigenvalue weighted by Gasteiger charge is 2.14. The van der Waals surface area contributed by atoms with Gasteiger partial charge in [-0.1, -0.05) is 24.3 Å². The molecule has 4 nitrogen and oxygen atoms in total. The van der Waals surface area contributed by atoms with Gasteiger partial charge in [0.15, 0.2) is 5.13 Å². The fourth-order valence-corrected chi connectivity index (χ4v) is 4.52. The third kappa shape index (κ3) is 4.29. The molecule has 4 rings (SSSR count). The summed E-state index contributed by atoms with van der Waals surface area (Å²) in [5.41, 5.74) is 4.59. The number of hydrogen-bond donors (Lipinski definition) is 1. The summed E-state index contributed by atoms with van der Waals surface area (Å²) in [5, 5.41) is 6.50. The number of aromatic nitrogens is 1. The number of hydrogen-bond acceptors (Lipinski definition) is 6. The molecule has 3 aromatic rings. The average molecular weight is 397 g/mol. The van der Waals surface area contributed by atoms with Crippen molar-refractivity contribution in [3.05, 3.63) is 53.9 Å². The minimum absolute atomic E-state index is 0.926. The Labute approximate surface area is 169 Å². The van der Waals surface area contributed by atoms with E-state index in [1.807, 2.05) is 6.07 Å². The van der Waals surface area contributed by atoms with E-state index in [1.165, 1.54) is 10.6 Å². The van der Waals surface area contributed by atoms with Crippen LogP contribution in [0.15, 0.2) is 58.8 Å². The molecule has 6 heteroatoms. The molecule has 1 fully saturated rings. The first-order valence-electron chi connectivity index (χ1n) is 9.12. The lowest BCUT2D eigenvalue weighted by molar-refractivity contribution is 0.313. The van der Waals surface area contributed by atoms with Gasteiger partial charge in [0.25, 0.3) is 0 Å². The molecule has 0 spiro atoms. The van der Waals surface area contributed by atoms with Gasteiger partial charge in [0, 0.05) is 47.7 Å². The highest BCUT2D eigenvalue weighted by molar-refractivity contribution is 7.98. The Balaban J connectivity index is 1.46. The number of rotatable bonds is 5. The Hall–Kier alpha value is -2.02. The fraction of sp³-hybridized carbons (Fsp3) is 0.286. The van der Waals surface area contributed by atoms with Gasteiger partial charge in [0.2, 0.25) is 0 Å². The smallest absolute Gasteiger partial charge is 0.187 e. The molecule has 2 heterocycles. The predicted octanol–water partition coefficient (Wildman–Crippen LogP) is 5.03. The number of benzene rings is 2. The second-order valence-corrected chi connectivity index (χ2v) is 8.41. The molecule has 0 amide bonds. The van der Waals surface area contributed by atoms with Crippen LogP contribution in [0.5, 0.6) is 0 Å². The van der Waals surface area contributed by atoms with Crippen molar-refractivity contribution in [2.45, 2.75) is 4.90 Å². The van der Waals surface area contributed by atoms with Gasteiger partial charge in [-0.15, -0.1) is 23.1 Å². The van der Waals surface area contributed by atoms with Crippen molar-refractivity contribution in [3.8, 4) is 11.3 Å². The van der Waals surface area contributed by atoms with Crippen LogP contribution in [0, 0.1) is 0 Å². The summed E-state index contributed by atoms with van der Waals surface area (Å²) in [7, 11) is 2.19. The maximum absolute atomic E-state index is 4.78. The van der Waals surface area contributed by atoms with Crippen LogP contribution in [0.2, 0.25) is 0 Å². The lowest BCUT2D eigenvalue weighted by Crippen LogP contribution is -2.44. The Morgan fingerprint density at radius 3 is 2.48 bits per heavy atom. The summed E-state index contributed by atoms with van der Waals surface area (Å²) in [4.78, 5) is 10.8. The average Bonchev–Trinajstić information content (AvgIpc) is 3.18. The molecule has 1 N–H and O–H groups in total. The highest BCUT2D eigenvalue weighted by Crippen LogP contribution is 2.32. The molecule has 0 radical (unpaired) electrons. The maximum Gasteiger partial charge on any atom is 0.187 e. The van der Waals surface area contributed by atoms with Crippen molar-refractivity contribution in [1.29, 1.82) is 0 Å². The second-order valence-electron chi connectivity index (χ2n) is 6.70. The largest absolute Gasteiger partial charge is 0.369 e. The molecule has 1 saturated heterocycles. The quantitative estimate of drug-likeness (QED) is 0.612. The molecule has 27 heavy (non-hydrogen) atoms. The molecule has 1 aliphatic heterocycles. The molecular formula is C21H24N4S2. The lowest BCUT2D eigenvalue weighted by atomic mass is 10.1. The molecule has 0 aliphatic carbocycles. The zero-order valence-corrected chi connectivity index (χ0v) is 17.3. The van der Waals surface area contributed by atoms with Crippen molar-refractivity contribution in [3.63, 3.8) is 0 Å². The Morgan fingerprint density at radius 2 is 1.74 bits per heavy atom. The number of likely N-dealkylation sites (N-methyl/N-ethyl adjacent to an activating group) is 1. The summed E-state index contributed by atoms with van der Waals surface area (Å²) in [6.45, 7) is 4.44. The van der Waals surface area contributed by atoms with Gasteiger partial charge in [-0.3, -0.25) is 0 Å². The molecule has 0 saturated carbocycles. The van der Waals surface area contributed by atoms with Crippen LogP contribution in [0.3, 0.4) is 0 Å². The van der Waals surface area contributed by atoms with Gasteiger partial charge < -0.3 is 15.1 Å². The second kappa shape index (κ2) is 8.33. The van der Waals surface area contributed by atoms with E-state index < -0.39 is 0 Å². The highest BCUT2D eigenvalue weighted by atomic mass is 32.2. The minimum Gasteiger partial charge on any atom is -0.369 e. The molecule has 1 aliphatic rings. The van der Waals surface area contributed by atoms with Gasteiger partial charge in [0.05, 0.1) is 11.4 Å². The Bertz CT molecular complexity index is 883. The van der Waals surface area contributed by atoms with Crippen LogP contribution in [-0.2, 0) is 0 Å². The normalized spacial score (nSPS) is 15.1. The van der Waals surface area contributed by atoms with E-state index in [9.17, 15) is 0 Å². The van der Waals surface area contributed by atoms with E-state index in [0.717, 1.165) is 48.3 Å². The van der Waals surface area contributed by atoms with Crippen LogP contribution < -0.4 is 10.2 Å². The third-order valence-electron chi connectivity index (χ3n) is 4.88. The monoisotopic (exact) mass is 396 g/mol. The molecule has 1 aromatic heterocycles. The van der Waals surface area contributed by atoms with Gasteiger partial charge >= 0.3 is 0 Å². The number of nitrogens with zero attached hydrogens (tertiary/aromatic N) is 3. The van der Waals surface area contributed by atoms with E-state index >= 15 is 0 Å². The summed E-state index contributed by atoms with van der Waals surface area (Å²) in [6.07, 6.45) is 2.09. The number of nitrogens with one attached hydrogen (secondary N) is 1. The molecule has 2 aromatic carbocycles. The summed E-state index contributed by atoms with van der Waals surface area (Å²) in [6, 6.07) is 17.1. The Kier molecular flexibility index (Phi) is 5.66. The van der Waals surface area contributed by atoms with Crippen molar-refractivity contribution < 1.29 is 0 Å². The van der Waals surface area contributed by atoms with Crippen LogP contribution in [0.25, 0.3) is 11.3 Å². The van der Waals surface area contributed by atoms with Crippen LogP contribution in [0.4, 0.5) is 16.5 Å². The summed E-state index contributed by atoms with van der Waals surface area (Å²) in [5.74, 6) is 0. The van der Waals surface area contributed by atoms with Gasteiger partial charge in [-0.05, 0) is 37.6 Å². The third-order valence-corrected chi connectivity index (χ3v) is 6.44. The number of thioether (sulfide) groups is 1. The SMILES string of the molecule is CSc1ccccc1Nc1nc(-c2ccc(N3CCN(C)CC3)cc2)cs1. The lowest BCUT2D eigenvalue weighted by Gasteiger charge is -2.34. The summed E-state index contributed by atoms with van der Waals surface area (Å²) >= 11 is 3.38. The fourth-order valence-electron chi connectivity index (χ4n) is 3.23. The maximum atomic E-state index is 4.78. The van der Waals surface area contributed by atoms with E-state index in [-0.39, 0.29) is 0 Å². The van der Waals surface area contributed by atoms with Crippen LogP contribution in [-0.4, -0.2) is 49.4 Å². The van der Waals surface area contributed by atoms with Crippen molar-refractivity contribution >= 4 is 39.6 Å². The van der Waals surface area contributed by atoms with Crippen LogP contribution >= 0.6 is 23.1 Å². The van der Waals surface area contributed by atoms with E-state index in [4.69, 9.17) is 4.98 Å². The van der Waals surface area contributed by atoms with Crippen molar-refractivity contribution in [1.82, 2.24) is 9.88 Å². The molecule has 0 bridgehead atoms. The van der Waals surface area contributed by atoms with Gasteiger partial charge in [-0.25, -0.2) is 4.98 Å².